The molecule has 190 valence electrons. The van der Waals surface area contributed by atoms with Gasteiger partial charge in [-0.05, 0) is 58.7 Å². The van der Waals surface area contributed by atoms with E-state index in [-0.39, 0.29) is 0 Å². The van der Waals surface area contributed by atoms with Crippen LogP contribution in [0.2, 0.25) is 0 Å². The molecule has 6 nitrogen and oxygen atoms in total. The number of piperazine rings is 1. The van der Waals surface area contributed by atoms with Crippen LogP contribution < -0.4 is 0 Å². The molecule has 3 aromatic carbocycles. The molecule has 0 bridgehead atoms. The van der Waals surface area contributed by atoms with Gasteiger partial charge in [-0.15, -0.1) is 5.10 Å². The van der Waals surface area contributed by atoms with Crippen molar-refractivity contribution in [3.63, 3.8) is 0 Å². The topological polar surface area (TPSA) is 50.1 Å². The molecule has 5 rings (SSSR count). The Kier molecular flexibility index (Phi) is 7.48. The van der Waals surface area contributed by atoms with E-state index >= 15 is 0 Å². The summed E-state index contributed by atoms with van der Waals surface area (Å²) in [5.74, 6) is -1.16. The van der Waals surface area contributed by atoms with E-state index in [9.17, 15) is 8.78 Å². The van der Waals surface area contributed by atoms with E-state index in [1.807, 2.05) is 50.2 Å². The Morgan fingerprint density at radius 1 is 0.865 bits per heavy atom. The Bertz CT molecular complexity index is 1360. The first-order valence-electron chi connectivity index (χ1n) is 12.5. The van der Waals surface area contributed by atoms with Crippen LogP contribution in [-0.4, -0.2) is 62.7 Å². The molecule has 0 N–H and O–H groups in total. The zero-order chi connectivity index (χ0) is 25.8. The number of aromatic nitrogens is 4. The van der Waals surface area contributed by atoms with Crippen molar-refractivity contribution in [3.05, 3.63) is 113 Å². The average Bonchev–Trinajstić information content (AvgIpc) is 3.36. The normalized spacial score (nSPS) is 15.9. The second-order valence-electron chi connectivity index (χ2n) is 9.42. The molecule has 0 spiro atoms. The summed E-state index contributed by atoms with van der Waals surface area (Å²) in [6.45, 7) is 8.03. The molecule has 1 aliphatic heterocycles. The highest BCUT2D eigenvalue weighted by molar-refractivity contribution is 5.49. The van der Waals surface area contributed by atoms with Crippen LogP contribution in [0.1, 0.15) is 34.1 Å². The van der Waals surface area contributed by atoms with Gasteiger partial charge in [0.2, 0.25) is 0 Å². The largest absolute Gasteiger partial charge is 0.297 e. The minimum absolute atomic E-state index is 0.425. The first-order valence-corrected chi connectivity index (χ1v) is 12.5. The van der Waals surface area contributed by atoms with Crippen molar-refractivity contribution in [1.29, 1.82) is 0 Å². The van der Waals surface area contributed by atoms with Crippen LogP contribution in [0.15, 0.2) is 72.8 Å². The molecular formula is C29H30F2N6. The van der Waals surface area contributed by atoms with Crippen LogP contribution >= 0.6 is 0 Å². The standard InChI is InChI=1S/C29H30F2N6/c1-21-8-6-9-22(2)27(21)37-29(32-33-34-37)28(24-13-14-25(30)26(31)20-24)36-18-16-35(17-19-36)15-7-12-23-10-4-3-5-11-23/h3-14,20,28H,15-19H2,1-2H3/t28-/m1/s1. The minimum atomic E-state index is -0.877. The summed E-state index contributed by atoms with van der Waals surface area (Å²) in [5.41, 5.74) is 4.77. The zero-order valence-electron chi connectivity index (χ0n) is 21.1. The van der Waals surface area contributed by atoms with Gasteiger partial charge in [-0.3, -0.25) is 9.80 Å². The lowest BCUT2D eigenvalue weighted by Gasteiger charge is -2.38. The van der Waals surface area contributed by atoms with Gasteiger partial charge in [-0.25, -0.2) is 8.78 Å². The number of rotatable bonds is 7. The summed E-state index contributed by atoms with van der Waals surface area (Å²) < 4.78 is 30.0. The Hall–Kier alpha value is -3.75. The molecule has 37 heavy (non-hydrogen) atoms. The summed E-state index contributed by atoms with van der Waals surface area (Å²) in [6, 6.07) is 19.9. The molecule has 0 amide bonds. The first-order chi connectivity index (χ1) is 18.0. The highest BCUT2D eigenvalue weighted by Crippen LogP contribution is 2.31. The third-order valence-corrected chi connectivity index (χ3v) is 6.89. The van der Waals surface area contributed by atoms with E-state index in [2.05, 4.69) is 49.6 Å². The van der Waals surface area contributed by atoms with Gasteiger partial charge in [-0.1, -0.05) is 66.7 Å². The lowest BCUT2D eigenvalue weighted by molar-refractivity contribution is 0.113. The third-order valence-electron chi connectivity index (χ3n) is 6.89. The monoisotopic (exact) mass is 500 g/mol. The van der Waals surface area contributed by atoms with E-state index in [1.54, 1.807) is 10.7 Å². The van der Waals surface area contributed by atoms with Crippen LogP contribution in [0.4, 0.5) is 8.78 Å². The van der Waals surface area contributed by atoms with Crippen LogP contribution in [0.5, 0.6) is 0 Å². The predicted octanol–water partition coefficient (Wildman–Crippen LogP) is 4.98. The molecule has 0 radical (unpaired) electrons. The van der Waals surface area contributed by atoms with Gasteiger partial charge < -0.3 is 0 Å². The van der Waals surface area contributed by atoms with Gasteiger partial charge in [0, 0.05) is 32.7 Å². The Morgan fingerprint density at radius 3 is 2.30 bits per heavy atom. The lowest BCUT2D eigenvalue weighted by Crippen LogP contribution is -2.48. The molecule has 0 saturated carbocycles. The van der Waals surface area contributed by atoms with Crippen molar-refractivity contribution < 1.29 is 8.78 Å². The molecule has 8 heteroatoms. The second-order valence-corrected chi connectivity index (χ2v) is 9.42. The number of hydrogen-bond acceptors (Lipinski definition) is 5. The Morgan fingerprint density at radius 2 is 1.59 bits per heavy atom. The molecule has 0 aliphatic carbocycles. The maximum atomic E-state index is 14.4. The summed E-state index contributed by atoms with van der Waals surface area (Å²) in [5, 5.41) is 12.7. The van der Waals surface area contributed by atoms with Crippen LogP contribution in [0.25, 0.3) is 11.8 Å². The van der Waals surface area contributed by atoms with Crippen molar-refractivity contribution in [2.45, 2.75) is 19.9 Å². The van der Waals surface area contributed by atoms with Gasteiger partial charge in [-0.2, -0.15) is 4.68 Å². The van der Waals surface area contributed by atoms with E-state index in [0.717, 1.165) is 49.5 Å². The average molecular weight is 501 g/mol. The Balaban J connectivity index is 1.41. The van der Waals surface area contributed by atoms with Crippen molar-refractivity contribution in [2.75, 3.05) is 32.7 Å². The molecule has 1 fully saturated rings. The van der Waals surface area contributed by atoms with E-state index in [1.165, 1.54) is 17.7 Å². The first kappa shape index (κ1) is 24.9. The highest BCUT2D eigenvalue weighted by atomic mass is 19.2. The van der Waals surface area contributed by atoms with Crippen LogP contribution in [-0.2, 0) is 0 Å². The number of hydrogen-bond donors (Lipinski definition) is 0. The molecule has 0 unspecified atom stereocenters. The zero-order valence-corrected chi connectivity index (χ0v) is 21.1. The SMILES string of the molecule is Cc1cccc(C)c1-n1nnnc1[C@@H](c1ccc(F)c(F)c1)N1CCN(CC=Cc2ccccc2)CC1. The number of para-hydroxylation sites is 1. The highest BCUT2D eigenvalue weighted by Gasteiger charge is 2.32. The van der Waals surface area contributed by atoms with E-state index in [4.69, 9.17) is 0 Å². The fraction of sp³-hybridized carbons (Fsp3) is 0.276. The molecule has 1 atom stereocenters. The molecule has 1 saturated heterocycles. The number of nitrogens with zero attached hydrogens (tertiary/aromatic N) is 6. The van der Waals surface area contributed by atoms with Crippen molar-refractivity contribution >= 4 is 6.08 Å². The van der Waals surface area contributed by atoms with Gasteiger partial charge in [0.1, 0.15) is 0 Å². The van der Waals surface area contributed by atoms with Gasteiger partial charge in [0.25, 0.3) is 0 Å². The Labute approximate surface area is 215 Å². The van der Waals surface area contributed by atoms with Gasteiger partial charge in [0.15, 0.2) is 17.5 Å². The number of halogens is 2. The fourth-order valence-corrected chi connectivity index (χ4v) is 4.98. The fourth-order valence-electron chi connectivity index (χ4n) is 4.98. The molecule has 4 aromatic rings. The smallest absolute Gasteiger partial charge is 0.178 e. The quantitative estimate of drug-likeness (QED) is 0.358. The molecule has 1 aromatic heterocycles. The maximum absolute atomic E-state index is 14.4. The van der Waals surface area contributed by atoms with Crippen LogP contribution in [0.3, 0.4) is 0 Å². The van der Waals surface area contributed by atoms with Crippen LogP contribution in [0, 0.1) is 25.5 Å². The summed E-state index contributed by atoms with van der Waals surface area (Å²) >= 11 is 0. The second kappa shape index (κ2) is 11.1. The van der Waals surface area contributed by atoms with Crippen molar-refractivity contribution in [3.8, 4) is 5.69 Å². The number of tetrazole rings is 1. The molecular weight excluding hydrogens is 470 g/mol. The number of benzene rings is 3. The molecule has 1 aliphatic rings. The maximum Gasteiger partial charge on any atom is 0.178 e. The van der Waals surface area contributed by atoms with E-state index in [0.29, 0.717) is 11.4 Å². The summed E-state index contributed by atoms with van der Waals surface area (Å²) in [7, 11) is 0. The van der Waals surface area contributed by atoms with Gasteiger partial charge >= 0.3 is 0 Å². The minimum Gasteiger partial charge on any atom is -0.297 e. The van der Waals surface area contributed by atoms with Crippen molar-refractivity contribution in [1.82, 2.24) is 30.0 Å². The third kappa shape index (κ3) is 5.50. The summed E-state index contributed by atoms with van der Waals surface area (Å²) in [4.78, 5) is 4.63. The summed E-state index contributed by atoms with van der Waals surface area (Å²) in [6.07, 6.45) is 4.31. The van der Waals surface area contributed by atoms with Gasteiger partial charge in [0.05, 0.1) is 11.7 Å². The predicted molar refractivity (Wildman–Crippen MR) is 140 cm³/mol. The molecule has 2 heterocycles. The number of aryl methyl sites for hydroxylation is 2. The lowest BCUT2D eigenvalue weighted by atomic mass is 10.0. The van der Waals surface area contributed by atoms with Crippen molar-refractivity contribution in [2.24, 2.45) is 0 Å². The van der Waals surface area contributed by atoms with E-state index < -0.39 is 17.7 Å².